The molecule has 1 N–H and O–H groups in total. The topological polar surface area (TPSA) is 81.8 Å². The van der Waals surface area contributed by atoms with Crippen LogP contribution in [0.15, 0.2) is 65.8 Å². The van der Waals surface area contributed by atoms with E-state index in [9.17, 15) is 9.59 Å². The first-order valence-electron chi connectivity index (χ1n) is 12.0. The van der Waals surface area contributed by atoms with Gasteiger partial charge in [0.05, 0.1) is 24.7 Å². The molecule has 0 unspecified atom stereocenters. The van der Waals surface area contributed by atoms with Gasteiger partial charge in [-0.05, 0) is 43.0 Å². The zero-order valence-electron chi connectivity index (χ0n) is 19.7. The van der Waals surface area contributed by atoms with Gasteiger partial charge in [-0.15, -0.1) is 0 Å². The van der Waals surface area contributed by atoms with Crippen molar-refractivity contribution in [3.8, 4) is 0 Å². The molecule has 2 heterocycles. The molecular weight excluding hydrogens is 462 g/mol. The van der Waals surface area contributed by atoms with Gasteiger partial charge in [0.15, 0.2) is 5.65 Å². The third kappa shape index (κ3) is 4.60. The maximum absolute atomic E-state index is 13.3. The molecule has 0 bridgehead atoms. The van der Waals surface area contributed by atoms with Crippen molar-refractivity contribution in [3.05, 3.63) is 93.1 Å². The maximum atomic E-state index is 13.3. The molecule has 5 rings (SSSR count). The largest absolute Gasteiger partial charge is 0.353 e. The molecule has 0 spiro atoms. The molecule has 0 aliphatic heterocycles. The Morgan fingerprint density at radius 2 is 1.91 bits per heavy atom. The summed E-state index contributed by atoms with van der Waals surface area (Å²) in [6.45, 7) is 3.32. The molecule has 2 aromatic heterocycles. The number of halogens is 1. The fourth-order valence-corrected chi connectivity index (χ4v) is 5.25. The first-order valence-corrected chi connectivity index (χ1v) is 12.3. The average Bonchev–Trinajstić information content (AvgIpc) is 3.50. The summed E-state index contributed by atoms with van der Waals surface area (Å²) in [7, 11) is 0. The van der Waals surface area contributed by atoms with E-state index in [4.69, 9.17) is 11.6 Å². The molecule has 1 aliphatic carbocycles. The molecule has 1 saturated carbocycles. The molecule has 180 valence electrons. The lowest BCUT2D eigenvalue weighted by Gasteiger charge is -2.28. The Labute approximate surface area is 208 Å². The maximum Gasteiger partial charge on any atom is 0.264 e. The SMILES string of the molecule is Cc1cccc(Cn2cnc3c(cnn3CCNC(=O)C3(c4ccc(Cl)cc4)CCCC3)c2=O)c1. The second kappa shape index (κ2) is 9.66. The third-order valence-electron chi connectivity index (χ3n) is 6.96. The average molecular weight is 490 g/mol. The van der Waals surface area contributed by atoms with Gasteiger partial charge in [0.2, 0.25) is 5.91 Å². The predicted molar refractivity (Wildman–Crippen MR) is 137 cm³/mol. The smallest absolute Gasteiger partial charge is 0.264 e. The second-order valence-electron chi connectivity index (χ2n) is 9.32. The van der Waals surface area contributed by atoms with E-state index in [1.807, 2.05) is 49.4 Å². The number of aryl methyl sites for hydroxylation is 1. The van der Waals surface area contributed by atoms with Crippen molar-refractivity contribution < 1.29 is 4.79 Å². The van der Waals surface area contributed by atoms with Crippen LogP contribution >= 0.6 is 11.6 Å². The highest BCUT2D eigenvalue weighted by Gasteiger charge is 2.42. The zero-order valence-corrected chi connectivity index (χ0v) is 20.5. The van der Waals surface area contributed by atoms with Crippen LogP contribution in [0.4, 0.5) is 0 Å². The van der Waals surface area contributed by atoms with Crippen LogP contribution in [0.3, 0.4) is 0 Å². The van der Waals surface area contributed by atoms with Crippen LogP contribution in [0.5, 0.6) is 0 Å². The van der Waals surface area contributed by atoms with Gasteiger partial charge < -0.3 is 5.32 Å². The molecule has 4 aromatic rings. The Bertz CT molecular complexity index is 1420. The van der Waals surface area contributed by atoms with Crippen molar-refractivity contribution in [1.29, 1.82) is 0 Å². The molecule has 1 fully saturated rings. The Kier molecular flexibility index (Phi) is 6.43. The van der Waals surface area contributed by atoms with E-state index in [0.717, 1.165) is 42.4 Å². The number of amides is 1. The molecule has 0 atom stereocenters. The molecule has 1 aliphatic rings. The van der Waals surface area contributed by atoms with Gasteiger partial charge in [-0.25, -0.2) is 9.67 Å². The quantitative estimate of drug-likeness (QED) is 0.421. The van der Waals surface area contributed by atoms with Crippen molar-refractivity contribution in [1.82, 2.24) is 24.6 Å². The van der Waals surface area contributed by atoms with Crippen LogP contribution in [-0.2, 0) is 23.3 Å². The number of fused-ring (bicyclic) bond motifs is 1. The number of nitrogens with zero attached hydrogens (tertiary/aromatic N) is 4. The Balaban J connectivity index is 1.29. The third-order valence-corrected chi connectivity index (χ3v) is 7.21. The lowest BCUT2D eigenvalue weighted by Crippen LogP contribution is -2.43. The Morgan fingerprint density at radius 3 is 2.66 bits per heavy atom. The molecule has 0 radical (unpaired) electrons. The summed E-state index contributed by atoms with van der Waals surface area (Å²) in [6, 6.07) is 15.7. The standard InChI is InChI=1S/C27H28ClN5O2/c1-19-5-4-6-20(15-19)17-32-18-30-24-23(25(32)34)16-31-33(24)14-13-29-26(35)27(11-2-3-12-27)21-7-9-22(28)10-8-21/h4-10,15-16,18H,2-3,11-14,17H2,1H3,(H,29,35). The number of rotatable bonds is 7. The highest BCUT2D eigenvalue weighted by atomic mass is 35.5. The van der Waals surface area contributed by atoms with Crippen molar-refractivity contribution in [3.63, 3.8) is 0 Å². The Morgan fingerprint density at radius 1 is 1.14 bits per heavy atom. The van der Waals surface area contributed by atoms with Crippen LogP contribution < -0.4 is 10.9 Å². The van der Waals surface area contributed by atoms with Crippen LogP contribution in [0.25, 0.3) is 11.0 Å². The number of carbonyl (C=O) groups is 1. The van der Waals surface area contributed by atoms with Gasteiger partial charge in [0.1, 0.15) is 11.7 Å². The highest BCUT2D eigenvalue weighted by Crippen LogP contribution is 2.41. The molecule has 8 heteroatoms. The lowest BCUT2D eigenvalue weighted by molar-refractivity contribution is -0.126. The molecular formula is C27H28ClN5O2. The van der Waals surface area contributed by atoms with Crippen molar-refractivity contribution in [2.24, 2.45) is 0 Å². The molecule has 35 heavy (non-hydrogen) atoms. The van der Waals surface area contributed by atoms with E-state index >= 15 is 0 Å². The summed E-state index contributed by atoms with van der Waals surface area (Å²) >= 11 is 6.06. The minimum absolute atomic E-state index is 0.0299. The zero-order chi connectivity index (χ0) is 24.4. The van der Waals surface area contributed by atoms with E-state index in [1.54, 1.807) is 21.8 Å². The van der Waals surface area contributed by atoms with Gasteiger partial charge >= 0.3 is 0 Å². The van der Waals surface area contributed by atoms with Crippen molar-refractivity contribution in [2.75, 3.05) is 6.54 Å². The number of nitrogens with one attached hydrogen (secondary N) is 1. The highest BCUT2D eigenvalue weighted by molar-refractivity contribution is 6.30. The number of carbonyl (C=O) groups excluding carboxylic acids is 1. The number of benzene rings is 2. The summed E-state index contributed by atoms with van der Waals surface area (Å²) in [5, 5.41) is 8.61. The fourth-order valence-electron chi connectivity index (χ4n) is 5.12. The summed E-state index contributed by atoms with van der Waals surface area (Å²) in [5.74, 6) is 0.0299. The normalized spacial score (nSPS) is 14.9. The van der Waals surface area contributed by atoms with Crippen LogP contribution in [0.2, 0.25) is 5.02 Å². The second-order valence-corrected chi connectivity index (χ2v) is 9.76. The lowest BCUT2D eigenvalue weighted by atomic mass is 9.78. The van der Waals surface area contributed by atoms with Gasteiger partial charge in [0.25, 0.3) is 5.56 Å². The van der Waals surface area contributed by atoms with E-state index < -0.39 is 5.41 Å². The molecule has 1 amide bonds. The summed E-state index contributed by atoms with van der Waals surface area (Å²) in [6.07, 6.45) is 6.83. The van der Waals surface area contributed by atoms with E-state index in [-0.39, 0.29) is 11.5 Å². The summed E-state index contributed by atoms with van der Waals surface area (Å²) < 4.78 is 3.28. The molecule has 0 saturated heterocycles. The van der Waals surface area contributed by atoms with Gasteiger partial charge in [0, 0.05) is 11.6 Å². The van der Waals surface area contributed by atoms with Gasteiger partial charge in [-0.2, -0.15) is 5.10 Å². The van der Waals surface area contributed by atoms with Crippen molar-refractivity contribution in [2.45, 2.75) is 51.1 Å². The monoisotopic (exact) mass is 489 g/mol. The number of hydrogen-bond donors (Lipinski definition) is 1. The molecule has 2 aromatic carbocycles. The first-order chi connectivity index (χ1) is 17.0. The van der Waals surface area contributed by atoms with Crippen LogP contribution in [0, 0.1) is 6.92 Å². The predicted octanol–water partition coefficient (Wildman–Crippen LogP) is 4.23. The summed E-state index contributed by atoms with van der Waals surface area (Å²) in [5.41, 5.74) is 3.09. The molecule has 7 nitrogen and oxygen atoms in total. The van der Waals surface area contributed by atoms with Crippen LogP contribution in [-0.4, -0.2) is 31.8 Å². The van der Waals surface area contributed by atoms with Crippen LogP contribution in [0.1, 0.15) is 42.4 Å². The van der Waals surface area contributed by atoms with E-state index in [1.165, 1.54) is 0 Å². The van der Waals surface area contributed by atoms with E-state index in [2.05, 4.69) is 21.5 Å². The minimum atomic E-state index is -0.515. The number of hydrogen-bond acceptors (Lipinski definition) is 4. The number of aromatic nitrogens is 4. The minimum Gasteiger partial charge on any atom is -0.353 e. The first kappa shape index (κ1) is 23.3. The van der Waals surface area contributed by atoms with Gasteiger partial charge in [-0.3, -0.25) is 14.2 Å². The van der Waals surface area contributed by atoms with E-state index in [0.29, 0.717) is 35.7 Å². The summed E-state index contributed by atoms with van der Waals surface area (Å²) in [4.78, 5) is 30.8. The Hall–Kier alpha value is -3.45. The fraction of sp³-hybridized carbons (Fsp3) is 0.333. The van der Waals surface area contributed by atoms with Gasteiger partial charge in [-0.1, -0.05) is 66.4 Å². The van der Waals surface area contributed by atoms with Crippen molar-refractivity contribution >= 4 is 28.5 Å².